The topological polar surface area (TPSA) is 95.9 Å². The van der Waals surface area contributed by atoms with E-state index in [2.05, 4.69) is 31.3 Å². The van der Waals surface area contributed by atoms with Crippen LogP contribution >= 0.6 is 0 Å². The Kier molecular flexibility index (Phi) is 56.0. The van der Waals surface area contributed by atoms with Crippen molar-refractivity contribution in [2.45, 2.75) is 353 Å². The fraction of sp³-hybridized carbons (Fsp3) is 0.934. The number of hydrogen-bond acceptors (Lipinski definition) is 5. The number of ether oxygens (including phenoxy) is 1. The van der Waals surface area contributed by atoms with Gasteiger partial charge >= 0.3 is 5.97 Å². The van der Waals surface area contributed by atoms with Crippen LogP contribution in [0.15, 0.2) is 12.2 Å². The van der Waals surface area contributed by atoms with Crippen LogP contribution in [0, 0.1) is 0 Å². The molecule has 6 nitrogen and oxygen atoms in total. The Balaban J connectivity index is 3.37. The summed E-state index contributed by atoms with van der Waals surface area (Å²) in [5, 5.41) is 23.2. The number of unbranched alkanes of at least 4 members (excludes halogenated alkanes) is 44. The molecule has 0 bridgehead atoms. The molecule has 0 saturated heterocycles. The van der Waals surface area contributed by atoms with Gasteiger partial charge in [0.15, 0.2) is 0 Å². The molecule has 0 heterocycles. The number of carbonyl (C=O) groups is 2. The maximum Gasteiger partial charge on any atom is 0.305 e. The van der Waals surface area contributed by atoms with Crippen LogP contribution in [-0.4, -0.2) is 47.4 Å². The second kappa shape index (κ2) is 57.2. The third-order valence-electron chi connectivity index (χ3n) is 14.3. The Labute approximate surface area is 419 Å². The Morgan fingerprint density at radius 2 is 0.701 bits per heavy atom. The summed E-state index contributed by atoms with van der Waals surface area (Å²) in [6.07, 6.45) is 67.9. The molecule has 6 heteroatoms. The second-order valence-electron chi connectivity index (χ2n) is 21.0. The predicted octanol–water partition coefficient (Wildman–Crippen LogP) is 18.9. The van der Waals surface area contributed by atoms with Crippen LogP contribution in [0.25, 0.3) is 0 Å². The first kappa shape index (κ1) is 65.6. The van der Waals surface area contributed by atoms with E-state index in [4.69, 9.17) is 4.74 Å². The fourth-order valence-corrected chi connectivity index (χ4v) is 9.64. The molecule has 0 aliphatic rings. The number of aliphatic hydroxyl groups is 2. The molecule has 0 aliphatic carbocycles. The first-order valence-corrected chi connectivity index (χ1v) is 30.4. The number of carbonyl (C=O) groups excluding carboxylic acids is 2. The van der Waals surface area contributed by atoms with Gasteiger partial charge < -0.3 is 20.3 Å². The summed E-state index contributed by atoms with van der Waals surface area (Å²) in [5.74, 6) is -0.0255. The number of amides is 1. The zero-order valence-electron chi connectivity index (χ0n) is 45.4. The molecule has 0 radical (unpaired) electrons. The van der Waals surface area contributed by atoms with Crippen molar-refractivity contribution >= 4 is 11.9 Å². The van der Waals surface area contributed by atoms with Gasteiger partial charge in [-0.1, -0.05) is 289 Å². The summed E-state index contributed by atoms with van der Waals surface area (Å²) in [4.78, 5) is 24.5. The average Bonchev–Trinajstić information content (AvgIpc) is 3.33. The molecule has 0 aromatic rings. The summed E-state index contributed by atoms with van der Waals surface area (Å²) in [6, 6.07) is -0.544. The van der Waals surface area contributed by atoms with E-state index in [1.165, 1.54) is 270 Å². The van der Waals surface area contributed by atoms with Crippen LogP contribution < -0.4 is 5.32 Å². The molecule has 2 unspecified atom stereocenters. The van der Waals surface area contributed by atoms with Crippen LogP contribution in [0.2, 0.25) is 0 Å². The third kappa shape index (κ3) is 53.8. The van der Waals surface area contributed by atoms with Gasteiger partial charge in [0.2, 0.25) is 5.91 Å². The number of hydrogen-bond donors (Lipinski definition) is 3. The van der Waals surface area contributed by atoms with Crippen molar-refractivity contribution in [3.05, 3.63) is 12.2 Å². The minimum atomic E-state index is -0.666. The van der Waals surface area contributed by atoms with E-state index in [9.17, 15) is 19.8 Å². The van der Waals surface area contributed by atoms with Crippen molar-refractivity contribution in [2.24, 2.45) is 0 Å². The zero-order valence-corrected chi connectivity index (χ0v) is 45.4. The van der Waals surface area contributed by atoms with E-state index in [0.717, 1.165) is 38.5 Å². The van der Waals surface area contributed by atoms with Crippen LogP contribution in [0.4, 0.5) is 0 Å². The Hall–Kier alpha value is -1.40. The molecular formula is C61H119NO5. The molecule has 0 rings (SSSR count). The van der Waals surface area contributed by atoms with Crippen molar-refractivity contribution in [2.75, 3.05) is 13.2 Å². The summed E-state index contributed by atoms with van der Waals surface area (Å²) < 4.78 is 5.49. The van der Waals surface area contributed by atoms with Gasteiger partial charge in [0.25, 0.3) is 0 Å². The quantitative estimate of drug-likeness (QED) is 0.0321. The molecule has 3 N–H and O–H groups in total. The summed E-state index contributed by atoms with van der Waals surface area (Å²) >= 11 is 0. The van der Waals surface area contributed by atoms with Gasteiger partial charge in [-0.3, -0.25) is 9.59 Å². The van der Waals surface area contributed by atoms with Gasteiger partial charge in [0.1, 0.15) is 0 Å². The van der Waals surface area contributed by atoms with Crippen molar-refractivity contribution in [3.63, 3.8) is 0 Å². The van der Waals surface area contributed by atoms with E-state index in [1.54, 1.807) is 0 Å². The molecule has 0 aromatic heterocycles. The number of aliphatic hydroxyl groups excluding tert-OH is 2. The first-order valence-electron chi connectivity index (χ1n) is 30.4. The molecule has 0 fully saturated rings. The van der Waals surface area contributed by atoms with E-state index in [0.29, 0.717) is 25.9 Å². The highest BCUT2D eigenvalue weighted by molar-refractivity contribution is 5.76. The molecule has 67 heavy (non-hydrogen) atoms. The molecule has 0 saturated carbocycles. The maximum atomic E-state index is 12.4. The highest BCUT2D eigenvalue weighted by Gasteiger charge is 2.20. The number of rotatable bonds is 57. The minimum absolute atomic E-state index is 0.0154. The summed E-state index contributed by atoms with van der Waals surface area (Å²) in [5.41, 5.74) is 0. The van der Waals surface area contributed by atoms with Crippen molar-refractivity contribution < 1.29 is 24.5 Å². The van der Waals surface area contributed by atoms with E-state index in [-0.39, 0.29) is 18.5 Å². The lowest BCUT2D eigenvalue weighted by Gasteiger charge is -2.22. The van der Waals surface area contributed by atoms with Crippen molar-refractivity contribution in [3.8, 4) is 0 Å². The Morgan fingerprint density at radius 3 is 1.06 bits per heavy atom. The van der Waals surface area contributed by atoms with Gasteiger partial charge in [0, 0.05) is 12.8 Å². The number of allylic oxidation sites excluding steroid dienone is 2. The van der Waals surface area contributed by atoms with Crippen LogP contribution in [0.3, 0.4) is 0 Å². The van der Waals surface area contributed by atoms with Gasteiger partial charge in [0.05, 0.1) is 25.4 Å². The Morgan fingerprint density at radius 1 is 0.403 bits per heavy atom. The lowest BCUT2D eigenvalue weighted by Crippen LogP contribution is -2.45. The monoisotopic (exact) mass is 946 g/mol. The molecule has 2 atom stereocenters. The molecule has 0 spiro atoms. The molecule has 0 aromatic carbocycles. The highest BCUT2D eigenvalue weighted by Crippen LogP contribution is 2.18. The van der Waals surface area contributed by atoms with Crippen molar-refractivity contribution in [1.82, 2.24) is 5.32 Å². The summed E-state index contributed by atoms with van der Waals surface area (Å²) in [7, 11) is 0. The smallest absolute Gasteiger partial charge is 0.305 e. The lowest BCUT2D eigenvalue weighted by atomic mass is 10.0. The van der Waals surface area contributed by atoms with Crippen molar-refractivity contribution in [1.29, 1.82) is 0 Å². The first-order chi connectivity index (χ1) is 33.0. The number of nitrogens with one attached hydrogen (secondary N) is 1. The lowest BCUT2D eigenvalue weighted by molar-refractivity contribution is -0.143. The molecule has 0 aliphatic heterocycles. The van der Waals surface area contributed by atoms with Crippen LogP contribution in [0.5, 0.6) is 0 Å². The molecular weight excluding hydrogens is 827 g/mol. The Bertz CT molecular complexity index is 1000. The molecule has 1 amide bonds. The van der Waals surface area contributed by atoms with Crippen LogP contribution in [0.1, 0.15) is 341 Å². The van der Waals surface area contributed by atoms with Gasteiger partial charge in [-0.15, -0.1) is 0 Å². The minimum Gasteiger partial charge on any atom is -0.466 e. The predicted molar refractivity (Wildman–Crippen MR) is 292 cm³/mol. The standard InChI is InChI=1S/C61H119NO5/c1-3-5-7-9-11-13-15-16-17-28-31-35-39-43-47-51-55-61(66)67-56-52-48-44-40-36-32-29-26-24-22-20-18-19-21-23-25-27-30-34-38-42-46-50-54-60(65)62-58(57-63)59(64)53-49-45-41-37-33-14-12-10-8-6-4-2/h21,23,58-59,63-64H,3-20,22,24-57H2,1-2H3,(H,62,65)/b23-21-. The highest BCUT2D eigenvalue weighted by atomic mass is 16.5. The molecule has 398 valence electrons. The van der Waals surface area contributed by atoms with E-state index >= 15 is 0 Å². The maximum absolute atomic E-state index is 12.4. The van der Waals surface area contributed by atoms with Gasteiger partial charge in [-0.25, -0.2) is 0 Å². The number of esters is 1. The third-order valence-corrected chi connectivity index (χ3v) is 14.3. The van der Waals surface area contributed by atoms with Gasteiger partial charge in [-0.05, 0) is 51.4 Å². The summed E-state index contributed by atoms with van der Waals surface area (Å²) in [6.45, 7) is 4.96. The average molecular weight is 947 g/mol. The van der Waals surface area contributed by atoms with Crippen LogP contribution in [-0.2, 0) is 14.3 Å². The zero-order chi connectivity index (χ0) is 48.6. The fourth-order valence-electron chi connectivity index (χ4n) is 9.64. The second-order valence-corrected chi connectivity index (χ2v) is 21.0. The van der Waals surface area contributed by atoms with Gasteiger partial charge in [-0.2, -0.15) is 0 Å². The largest absolute Gasteiger partial charge is 0.466 e. The van der Waals surface area contributed by atoms with E-state index < -0.39 is 12.1 Å². The normalized spacial score (nSPS) is 12.6. The van der Waals surface area contributed by atoms with E-state index in [1.807, 2.05) is 0 Å². The SMILES string of the molecule is CCCCCCCCCCCCCCCCCCC(=O)OCCCCCCCCCCCCCC/C=C\CCCCCCCCCC(=O)NC(CO)C(O)CCCCCCCCCCCCC.